The zero-order chi connectivity index (χ0) is 21.9. The predicted octanol–water partition coefficient (Wildman–Crippen LogP) is 7.78. The number of amides is 1. The van der Waals surface area contributed by atoms with E-state index in [2.05, 4.69) is 26.1 Å². The molecule has 0 spiro atoms. The third-order valence-electron chi connectivity index (χ3n) is 5.57. The van der Waals surface area contributed by atoms with Crippen molar-refractivity contribution in [1.82, 2.24) is 5.32 Å². The van der Waals surface area contributed by atoms with E-state index in [9.17, 15) is 9.18 Å². The van der Waals surface area contributed by atoms with Crippen molar-refractivity contribution in [2.24, 2.45) is 0 Å². The van der Waals surface area contributed by atoms with Crippen molar-refractivity contribution in [2.75, 3.05) is 0 Å². The van der Waals surface area contributed by atoms with Gasteiger partial charge in [0.25, 0.3) is 0 Å². The molecule has 0 saturated heterocycles. The molecule has 0 fully saturated rings. The Morgan fingerprint density at radius 1 is 1.00 bits per heavy atom. The van der Waals surface area contributed by atoms with Gasteiger partial charge < -0.3 is 0 Å². The summed E-state index contributed by atoms with van der Waals surface area (Å²) in [6.07, 6.45) is 6.45. The van der Waals surface area contributed by atoms with E-state index in [0.717, 1.165) is 38.5 Å². The molecule has 1 rings (SSSR count). The number of carbonyl (C=O) groups excluding carboxylic acids is 1. The van der Waals surface area contributed by atoms with E-state index < -0.39 is 30.1 Å². The van der Waals surface area contributed by atoms with E-state index in [1.165, 1.54) is 19.4 Å². The minimum atomic E-state index is -3.01. The molecule has 0 aliphatic heterocycles. The molecule has 1 unspecified atom stereocenters. The summed E-state index contributed by atoms with van der Waals surface area (Å²) in [5.41, 5.74) is 0.0932. The molecule has 166 valence electrons. The molecule has 0 aromatic heterocycles. The van der Waals surface area contributed by atoms with Crippen molar-refractivity contribution >= 4 is 24.5 Å². The minimum absolute atomic E-state index is 0.190. The Bertz CT molecular complexity index is 593. The van der Waals surface area contributed by atoms with Crippen LogP contribution in [0.15, 0.2) is 24.3 Å². The van der Waals surface area contributed by atoms with Crippen LogP contribution < -0.4 is 5.32 Å². The molecule has 1 aromatic rings. The van der Waals surface area contributed by atoms with Crippen LogP contribution in [0.3, 0.4) is 0 Å². The number of rotatable bonds is 12. The summed E-state index contributed by atoms with van der Waals surface area (Å²) < 4.78 is 23.9. The Hall–Kier alpha value is -0.781. The molecule has 0 radical (unpaired) electrons. The van der Waals surface area contributed by atoms with Gasteiger partial charge in [0, 0.05) is 0 Å². The summed E-state index contributed by atoms with van der Waals surface area (Å²) in [6, 6.07) is 7.01. The molecule has 0 bridgehead atoms. The number of benzene rings is 1. The summed E-state index contributed by atoms with van der Waals surface area (Å²) >= 11 is -3.01. The fourth-order valence-electron chi connectivity index (χ4n) is 4.09. The van der Waals surface area contributed by atoms with Crippen LogP contribution in [0.2, 0.25) is 13.3 Å². The Labute approximate surface area is 182 Å². The molecule has 0 saturated carbocycles. The van der Waals surface area contributed by atoms with Gasteiger partial charge in [-0.25, -0.2) is 0 Å². The number of unbranched alkanes of at least 4 members (excludes halogenated alkanes) is 3. The Morgan fingerprint density at radius 3 is 1.90 bits per heavy atom. The van der Waals surface area contributed by atoms with Crippen LogP contribution in [0, 0.1) is 5.82 Å². The van der Waals surface area contributed by atoms with Crippen LogP contribution in [-0.2, 0) is 4.74 Å². The van der Waals surface area contributed by atoms with Crippen LogP contribution in [0.4, 0.5) is 9.18 Å². The summed E-state index contributed by atoms with van der Waals surface area (Å²) in [5.74, 6) is -0.209. The van der Waals surface area contributed by atoms with Gasteiger partial charge in [-0.1, -0.05) is 0 Å². The quantitative estimate of drug-likeness (QED) is 0.290. The average molecular weight is 514 g/mol. The van der Waals surface area contributed by atoms with Gasteiger partial charge >= 0.3 is 182 Å². The van der Waals surface area contributed by atoms with E-state index in [-0.39, 0.29) is 9.87 Å². The molecule has 1 N–H and O–H groups in total. The van der Waals surface area contributed by atoms with Crippen molar-refractivity contribution in [3.8, 4) is 0 Å². The zero-order valence-corrected chi connectivity index (χ0v) is 22.3. The average Bonchev–Trinajstić information content (AvgIpc) is 2.65. The number of nitrogens with one attached hydrogen (secondary N) is 1. The summed E-state index contributed by atoms with van der Waals surface area (Å²) in [7, 11) is 0. The molecule has 5 heteroatoms. The second kappa shape index (κ2) is 12.8. The van der Waals surface area contributed by atoms with Gasteiger partial charge in [-0.05, 0) is 0 Å². The molecular weight excluding hydrogens is 472 g/mol. The van der Waals surface area contributed by atoms with Gasteiger partial charge in [-0.15, -0.1) is 0 Å². The Morgan fingerprint density at radius 2 is 1.48 bits per heavy atom. The van der Waals surface area contributed by atoms with E-state index in [1.54, 1.807) is 6.07 Å². The van der Waals surface area contributed by atoms with Crippen LogP contribution in [-0.4, -0.2) is 30.1 Å². The molecule has 1 aromatic carbocycles. The van der Waals surface area contributed by atoms with Gasteiger partial charge in [0.1, 0.15) is 0 Å². The molecule has 0 aliphatic carbocycles. The third kappa shape index (κ3) is 8.85. The van der Waals surface area contributed by atoms with E-state index in [1.807, 2.05) is 32.9 Å². The van der Waals surface area contributed by atoms with E-state index >= 15 is 0 Å². The Kier molecular flexibility index (Phi) is 11.6. The monoisotopic (exact) mass is 515 g/mol. The topological polar surface area (TPSA) is 38.3 Å². The van der Waals surface area contributed by atoms with Crippen LogP contribution in [0.1, 0.15) is 89.7 Å². The van der Waals surface area contributed by atoms with Crippen molar-refractivity contribution in [1.29, 1.82) is 0 Å². The van der Waals surface area contributed by atoms with Crippen molar-refractivity contribution in [2.45, 2.75) is 103 Å². The number of hydrogen-bond donors (Lipinski definition) is 1. The molecule has 29 heavy (non-hydrogen) atoms. The fourth-order valence-corrected chi connectivity index (χ4v) is 21.5. The first-order chi connectivity index (χ1) is 13.7. The second-order valence-electron chi connectivity index (χ2n) is 9.27. The Balaban J connectivity index is 3.42. The van der Waals surface area contributed by atoms with Crippen molar-refractivity contribution < 1.29 is 13.9 Å². The molecular formula is C24H42FNO2Sn. The number of halogens is 1. The second-order valence-corrected chi connectivity index (χ2v) is 23.0. The predicted molar refractivity (Wildman–Crippen MR) is 123 cm³/mol. The van der Waals surface area contributed by atoms with Crippen LogP contribution >= 0.6 is 0 Å². The number of hydrogen-bond acceptors (Lipinski definition) is 2. The zero-order valence-electron chi connectivity index (χ0n) is 19.4. The third-order valence-corrected chi connectivity index (χ3v) is 21.9. The molecule has 1 atom stereocenters. The fraction of sp³-hybridized carbons (Fsp3) is 0.708. The van der Waals surface area contributed by atoms with Gasteiger partial charge in [0.2, 0.25) is 0 Å². The maximum absolute atomic E-state index is 15.0. The van der Waals surface area contributed by atoms with E-state index in [0.29, 0.717) is 5.56 Å². The maximum atomic E-state index is 15.0. The summed E-state index contributed by atoms with van der Waals surface area (Å²) in [6.45, 7) is 12.3. The van der Waals surface area contributed by atoms with Crippen molar-refractivity contribution in [3.05, 3.63) is 35.6 Å². The molecule has 0 aliphatic rings. The van der Waals surface area contributed by atoms with Gasteiger partial charge in [0.05, 0.1) is 0 Å². The van der Waals surface area contributed by atoms with Crippen LogP contribution in [0.5, 0.6) is 0 Å². The standard InChI is InChI=1S/C12H15FNO2.3C4H9.Sn/c1-12(2,3)16-11(15)14-8-9-6-4-5-7-10(9)13;3*1-3-4-2;/h4-8H,1-3H3,(H,14,15);3*1,3-4H2,2H3;. The van der Waals surface area contributed by atoms with Gasteiger partial charge in [-0.2, -0.15) is 0 Å². The van der Waals surface area contributed by atoms with Crippen molar-refractivity contribution in [3.63, 3.8) is 0 Å². The number of ether oxygens (including phenoxy) is 1. The summed E-state index contributed by atoms with van der Waals surface area (Å²) in [4.78, 5) is 12.8. The first kappa shape index (κ1) is 26.3. The summed E-state index contributed by atoms with van der Waals surface area (Å²) in [5, 5.41) is 3.19. The van der Waals surface area contributed by atoms with Gasteiger partial charge in [0.15, 0.2) is 0 Å². The molecule has 1 amide bonds. The molecule has 0 heterocycles. The SMILES string of the molecule is CCC[CH2][Sn]([CH2]CCC)([CH2]CCC)[CH](NC(=O)OC(C)(C)C)c1ccccc1F. The van der Waals surface area contributed by atoms with E-state index in [4.69, 9.17) is 4.74 Å². The van der Waals surface area contributed by atoms with Gasteiger partial charge in [-0.3, -0.25) is 0 Å². The number of alkyl carbamates (subject to hydrolysis) is 1. The first-order valence-electron chi connectivity index (χ1n) is 11.4. The van der Waals surface area contributed by atoms with Crippen LogP contribution in [0.25, 0.3) is 0 Å². The first-order valence-corrected chi connectivity index (χ1v) is 19.1. The molecule has 3 nitrogen and oxygen atoms in total. The normalized spacial score (nSPS) is 13.2. The number of carbonyl (C=O) groups is 1.